The quantitative estimate of drug-likeness (QED) is 0.747. The second kappa shape index (κ2) is 7.23. The van der Waals surface area contributed by atoms with Gasteiger partial charge in [0.25, 0.3) is 0 Å². The predicted octanol–water partition coefficient (Wildman–Crippen LogP) is 2.83. The van der Waals surface area contributed by atoms with Gasteiger partial charge in [0.15, 0.2) is 0 Å². The van der Waals surface area contributed by atoms with Crippen LogP contribution in [-0.2, 0) is 11.3 Å². The van der Waals surface area contributed by atoms with Gasteiger partial charge in [-0.15, -0.1) is 0 Å². The van der Waals surface area contributed by atoms with E-state index in [2.05, 4.69) is 55.2 Å². The summed E-state index contributed by atoms with van der Waals surface area (Å²) in [4.78, 5) is 6.68. The first-order valence-corrected chi connectivity index (χ1v) is 7.93. The summed E-state index contributed by atoms with van der Waals surface area (Å²) in [6.07, 6.45) is 4.65. The van der Waals surface area contributed by atoms with Gasteiger partial charge in [-0.1, -0.05) is 6.07 Å². The van der Waals surface area contributed by atoms with Gasteiger partial charge in [0.1, 0.15) is 5.82 Å². The first-order valence-electron chi connectivity index (χ1n) is 7.93. The molecule has 0 spiro atoms. The van der Waals surface area contributed by atoms with Crippen molar-refractivity contribution in [1.29, 1.82) is 0 Å². The summed E-state index contributed by atoms with van der Waals surface area (Å²) in [6.45, 7) is 9.96. The number of ether oxygens (including phenoxy) is 1. The van der Waals surface area contributed by atoms with Gasteiger partial charge in [0.2, 0.25) is 0 Å². The van der Waals surface area contributed by atoms with Crippen LogP contribution in [0, 0.1) is 5.92 Å². The van der Waals surface area contributed by atoms with Crippen LogP contribution >= 0.6 is 0 Å². The van der Waals surface area contributed by atoms with E-state index >= 15 is 0 Å². The third-order valence-corrected chi connectivity index (χ3v) is 3.64. The number of pyridine rings is 1. The molecule has 0 amide bonds. The molecule has 1 heterocycles. The Kier molecular flexibility index (Phi) is 5.59. The van der Waals surface area contributed by atoms with E-state index in [0.29, 0.717) is 0 Å². The summed E-state index contributed by atoms with van der Waals surface area (Å²) >= 11 is 0. The van der Waals surface area contributed by atoms with Crippen molar-refractivity contribution in [3.05, 3.63) is 23.9 Å². The number of aromatic nitrogens is 1. The third kappa shape index (κ3) is 6.44. The zero-order valence-corrected chi connectivity index (χ0v) is 13.9. The van der Waals surface area contributed by atoms with Crippen molar-refractivity contribution < 1.29 is 4.74 Å². The fourth-order valence-corrected chi connectivity index (χ4v) is 1.96. The highest BCUT2D eigenvalue weighted by Gasteiger charge is 2.21. The number of likely N-dealkylation sites (N-methyl/N-ethyl adjacent to an activating group) is 1. The highest BCUT2D eigenvalue weighted by atomic mass is 16.5. The van der Waals surface area contributed by atoms with Crippen LogP contribution in [0.25, 0.3) is 0 Å². The second-order valence-electron chi connectivity index (χ2n) is 7.07. The van der Waals surface area contributed by atoms with E-state index in [-0.39, 0.29) is 5.54 Å². The minimum Gasteiger partial charge on any atom is -0.379 e. The van der Waals surface area contributed by atoms with E-state index in [1.54, 1.807) is 0 Å². The van der Waals surface area contributed by atoms with Crippen molar-refractivity contribution in [2.45, 2.75) is 45.7 Å². The van der Waals surface area contributed by atoms with Crippen LogP contribution < -0.4 is 10.2 Å². The Morgan fingerprint density at radius 3 is 2.67 bits per heavy atom. The van der Waals surface area contributed by atoms with Crippen LogP contribution in [0.4, 0.5) is 5.82 Å². The lowest BCUT2D eigenvalue weighted by Crippen LogP contribution is -2.35. The minimum absolute atomic E-state index is 0.133. The lowest BCUT2D eigenvalue weighted by atomic mass is 10.1. The van der Waals surface area contributed by atoms with E-state index in [4.69, 9.17) is 4.74 Å². The molecule has 0 aromatic carbocycles. The summed E-state index contributed by atoms with van der Waals surface area (Å²) in [5.41, 5.74) is 1.35. The number of nitrogens with one attached hydrogen (secondary N) is 1. The Hall–Kier alpha value is -1.13. The van der Waals surface area contributed by atoms with Gasteiger partial charge >= 0.3 is 0 Å². The molecule has 2 rings (SSSR count). The molecule has 21 heavy (non-hydrogen) atoms. The molecule has 1 N–H and O–H groups in total. The fourth-order valence-electron chi connectivity index (χ4n) is 1.96. The zero-order chi connectivity index (χ0) is 15.3. The molecule has 0 aliphatic heterocycles. The van der Waals surface area contributed by atoms with E-state index in [0.717, 1.165) is 38.0 Å². The van der Waals surface area contributed by atoms with E-state index in [1.807, 2.05) is 6.20 Å². The van der Waals surface area contributed by atoms with Crippen molar-refractivity contribution in [3.8, 4) is 0 Å². The van der Waals surface area contributed by atoms with Crippen molar-refractivity contribution in [2.24, 2.45) is 5.92 Å². The van der Waals surface area contributed by atoms with Crippen molar-refractivity contribution >= 4 is 5.82 Å². The maximum Gasteiger partial charge on any atom is 0.128 e. The first-order chi connectivity index (χ1) is 9.94. The van der Waals surface area contributed by atoms with Gasteiger partial charge in [-0.3, -0.25) is 0 Å². The second-order valence-corrected chi connectivity index (χ2v) is 7.07. The van der Waals surface area contributed by atoms with Gasteiger partial charge < -0.3 is 15.0 Å². The fraction of sp³-hybridized carbons (Fsp3) is 0.706. The number of anilines is 1. The van der Waals surface area contributed by atoms with Crippen LogP contribution in [0.3, 0.4) is 0 Å². The molecule has 1 saturated carbocycles. The molecule has 4 heteroatoms. The SMILES string of the molecule is CN(CCOCC1CC1)c1ccc(CNC(C)(C)C)cn1. The van der Waals surface area contributed by atoms with Crippen LogP contribution in [0.5, 0.6) is 0 Å². The molecule has 1 aromatic heterocycles. The smallest absolute Gasteiger partial charge is 0.128 e. The molecular weight excluding hydrogens is 262 g/mol. The summed E-state index contributed by atoms with van der Waals surface area (Å²) in [5, 5.41) is 3.47. The molecule has 0 saturated heterocycles. The molecule has 118 valence electrons. The zero-order valence-electron chi connectivity index (χ0n) is 13.9. The molecule has 0 atom stereocenters. The molecule has 4 nitrogen and oxygen atoms in total. The normalized spacial score (nSPS) is 15.2. The summed E-state index contributed by atoms with van der Waals surface area (Å²) in [7, 11) is 2.07. The average Bonchev–Trinajstić information content (AvgIpc) is 3.25. The average molecular weight is 291 g/mol. The van der Waals surface area contributed by atoms with Crippen LogP contribution in [0.2, 0.25) is 0 Å². The first kappa shape index (κ1) is 16.2. The van der Waals surface area contributed by atoms with Crippen LogP contribution in [-0.4, -0.2) is 37.3 Å². The number of hydrogen-bond acceptors (Lipinski definition) is 4. The molecule has 1 aromatic rings. The lowest BCUT2D eigenvalue weighted by molar-refractivity contribution is 0.131. The molecular formula is C17H29N3O. The highest BCUT2D eigenvalue weighted by molar-refractivity contribution is 5.38. The summed E-state index contributed by atoms with van der Waals surface area (Å²) < 4.78 is 5.67. The Morgan fingerprint density at radius 2 is 2.10 bits per heavy atom. The van der Waals surface area contributed by atoms with E-state index in [1.165, 1.54) is 18.4 Å². The third-order valence-electron chi connectivity index (χ3n) is 3.64. The number of rotatable bonds is 8. The molecule has 0 radical (unpaired) electrons. The lowest BCUT2D eigenvalue weighted by Gasteiger charge is -2.21. The predicted molar refractivity (Wildman–Crippen MR) is 87.6 cm³/mol. The number of hydrogen-bond donors (Lipinski definition) is 1. The monoisotopic (exact) mass is 291 g/mol. The Morgan fingerprint density at radius 1 is 1.33 bits per heavy atom. The van der Waals surface area contributed by atoms with E-state index < -0.39 is 0 Å². The molecule has 1 aliphatic rings. The number of nitrogens with zero attached hydrogens (tertiary/aromatic N) is 2. The van der Waals surface area contributed by atoms with Gasteiger partial charge in [-0.25, -0.2) is 4.98 Å². The maximum absolute atomic E-state index is 5.67. The summed E-state index contributed by atoms with van der Waals surface area (Å²) in [5.74, 6) is 1.84. The maximum atomic E-state index is 5.67. The van der Waals surface area contributed by atoms with Crippen molar-refractivity contribution in [3.63, 3.8) is 0 Å². The Bertz CT molecular complexity index is 421. The van der Waals surface area contributed by atoms with Gasteiger partial charge in [0, 0.05) is 38.5 Å². The van der Waals surface area contributed by atoms with Crippen LogP contribution in [0.1, 0.15) is 39.2 Å². The van der Waals surface area contributed by atoms with Gasteiger partial charge in [0.05, 0.1) is 6.61 Å². The molecule has 1 aliphatic carbocycles. The largest absolute Gasteiger partial charge is 0.379 e. The van der Waals surface area contributed by atoms with Crippen LogP contribution in [0.15, 0.2) is 18.3 Å². The summed E-state index contributed by atoms with van der Waals surface area (Å²) in [6, 6.07) is 4.23. The van der Waals surface area contributed by atoms with Gasteiger partial charge in [-0.05, 0) is 51.2 Å². The van der Waals surface area contributed by atoms with Crippen molar-refractivity contribution in [2.75, 3.05) is 31.7 Å². The van der Waals surface area contributed by atoms with Crippen molar-refractivity contribution in [1.82, 2.24) is 10.3 Å². The Balaban J connectivity index is 1.71. The highest BCUT2D eigenvalue weighted by Crippen LogP contribution is 2.28. The molecule has 1 fully saturated rings. The molecule has 0 bridgehead atoms. The van der Waals surface area contributed by atoms with Gasteiger partial charge in [-0.2, -0.15) is 0 Å². The van der Waals surface area contributed by atoms with E-state index in [9.17, 15) is 0 Å². The Labute approximate surface area is 128 Å². The molecule has 0 unspecified atom stereocenters. The topological polar surface area (TPSA) is 37.4 Å². The minimum atomic E-state index is 0.133. The standard InChI is InChI=1S/C17H29N3O/c1-17(2,3)19-12-15-7-8-16(18-11-15)20(4)9-10-21-13-14-5-6-14/h7-8,11,14,19H,5-6,9-10,12-13H2,1-4H3.